The van der Waals surface area contributed by atoms with E-state index in [1.54, 1.807) is 25.1 Å². The van der Waals surface area contributed by atoms with Gasteiger partial charge in [-0.3, -0.25) is 4.72 Å². The molecule has 0 spiro atoms. The molecule has 0 radical (unpaired) electrons. The number of anilines is 2. The van der Waals surface area contributed by atoms with E-state index in [0.717, 1.165) is 17.6 Å². The van der Waals surface area contributed by atoms with E-state index in [2.05, 4.69) is 20.3 Å². The van der Waals surface area contributed by atoms with Crippen molar-refractivity contribution in [3.05, 3.63) is 18.2 Å². The summed E-state index contributed by atoms with van der Waals surface area (Å²) in [7, 11) is -3.41. The first-order valence-corrected chi connectivity index (χ1v) is 10.0. The van der Waals surface area contributed by atoms with E-state index in [1.165, 1.54) is 6.92 Å². The monoisotopic (exact) mass is 386 g/mol. The Morgan fingerprint density at radius 2 is 2.08 bits per heavy atom. The van der Waals surface area contributed by atoms with Gasteiger partial charge >= 0.3 is 12.0 Å². The zero-order chi connectivity index (χ0) is 18.6. The van der Waals surface area contributed by atoms with Crippen LogP contribution in [0.3, 0.4) is 0 Å². The van der Waals surface area contributed by atoms with Gasteiger partial charge in [-0.25, -0.2) is 23.0 Å². The van der Waals surface area contributed by atoms with Gasteiger partial charge in [-0.05, 0) is 32.0 Å². The highest BCUT2D eigenvalue weighted by atomic mass is 32.2. The number of nitrogens with one attached hydrogen (secondary N) is 3. The number of aromatic nitrogens is 1. The molecule has 0 fully saturated rings. The summed E-state index contributed by atoms with van der Waals surface area (Å²) < 4.78 is 30.3. The van der Waals surface area contributed by atoms with Crippen LogP contribution in [0.25, 0.3) is 10.2 Å². The molecule has 25 heavy (non-hydrogen) atoms. The van der Waals surface area contributed by atoms with Crippen molar-refractivity contribution >= 4 is 54.4 Å². The number of amides is 2. The molecule has 0 aliphatic rings. The minimum Gasteiger partial charge on any atom is -0.464 e. The van der Waals surface area contributed by atoms with E-state index >= 15 is 0 Å². The number of carbonyl (C=O) groups excluding carboxylic acids is 2. The van der Waals surface area contributed by atoms with Crippen LogP contribution in [-0.2, 0) is 19.6 Å². The highest BCUT2D eigenvalue weighted by Crippen LogP contribution is 2.28. The van der Waals surface area contributed by atoms with Crippen LogP contribution in [0.2, 0.25) is 0 Å². The van der Waals surface area contributed by atoms with Crippen molar-refractivity contribution in [3.8, 4) is 0 Å². The van der Waals surface area contributed by atoms with Gasteiger partial charge in [0, 0.05) is 5.69 Å². The summed E-state index contributed by atoms with van der Waals surface area (Å²) in [6.45, 7) is 3.44. The zero-order valence-electron chi connectivity index (χ0n) is 13.8. The molecule has 0 bridgehead atoms. The summed E-state index contributed by atoms with van der Waals surface area (Å²) in [4.78, 5) is 27.6. The summed E-state index contributed by atoms with van der Waals surface area (Å²) in [6, 6.07) is 3.61. The fraction of sp³-hybridized carbons (Fsp3) is 0.357. The second-order valence-corrected chi connectivity index (χ2v) is 7.93. The number of fused-ring (bicyclic) bond motifs is 1. The molecule has 2 amide bonds. The van der Waals surface area contributed by atoms with Gasteiger partial charge in [0.15, 0.2) is 5.13 Å². The van der Waals surface area contributed by atoms with Crippen LogP contribution in [0, 0.1) is 0 Å². The second-order valence-electron chi connectivity index (χ2n) is 5.15. The number of nitrogens with zero attached hydrogens (tertiary/aromatic N) is 1. The van der Waals surface area contributed by atoms with Crippen molar-refractivity contribution in [3.63, 3.8) is 0 Å². The van der Waals surface area contributed by atoms with E-state index in [0.29, 0.717) is 15.9 Å². The van der Waals surface area contributed by atoms with Crippen molar-refractivity contribution < 1.29 is 22.7 Å². The average Bonchev–Trinajstić information content (AvgIpc) is 2.86. The van der Waals surface area contributed by atoms with Crippen molar-refractivity contribution in [1.82, 2.24) is 10.3 Å². The van der Waals surface area contributed by atoms with E-state index < -0.39 is 28.1 Å². The Morgan fingerprint density at radius 3 is 2.72 bits per heavy atom. The van der Waals surface area contributed by atoms with Crippen LogP contribution in [-0.4, -0.2) is 44.3 Å². The number of urea groups is 1. The average molecular weight is 386 g/mol. The van der Waals surface area contributed by atoms with Gasteiger partial charge in [-0.1, -0.05) is 11.3 Å². The molecule has 2 rings (SSSR count). The molecule has 1 atom stereocenters. The molecular weight excluding hydrogens is 368 g/mol. The smallest absolute Gasteiger partial charge is 0.328 e. The van der Waals surface area contributed by atoms with Crippen molar-refractivity contribution in [2.45, 2.75) is 19.9 Å². The molecule has 136 valence electrons. The van der Waals surface area contributed by atoms with Gasteiger partial charge in [0.1, 0.15) is 6.04 Å². The number of ether oxygens (including phenoxy) is 1. The fourth-order valence-corrected chi connectivity index (χ4v) is 3.63. The summed E-state index contributed by atoms with van der Waals surface area (Å²) in [5.74, 6) is -0.521. The molecule has 1 unspecified atom stereocenters. The van der Waals surface area contributed by atoms with Crippen LogP contribution < -0.4 is 15.4 Å². The van der Waals surface area contributed by atoms with Gasteiger partial charge in [0.05, 0.1) is 23.1 Å². The predicted molar refractivity (Wildman–Crippen MR) is 96.3 cm³/mol. The van der Waals surface area contributed by atoms with E-state index in [-0.39, 0.29) is 11.7 Å². The van der Waals surface area contributed by atoms with Gasteiger partial charge in [-0.2, -0.15) is 0 Å². The summed E-state index contributed by atoms with van der Waals surface area (Å²) >= 11 is 1.14. The first-order valence-electron chi connectivity index (χ1n) is 7.30. The van der Waals surface area contributed by atoms with Crippen LogP contribution in [0.4, 0.5) is 15.6 Å². The number of carbonyl (C=O) groups is 2. The minimum absolute atomic E-state index is 0.234. The molecule has 0 saturated heterocycles. The zero-order valence-corrected chi connectivity index (χ0v) is 15.5. The quantitative estimate of drug-likeness (QED) is 0.649. The normalized spacial score (nSPS) is 12.4. The molecule has 9 nitrogen and oxygen atoms in total. The molecule has 3 N–H and O–H groups in total. The van der Waals surface area contributed by atoms with Gasteiger partial charge in [0.25, 0.3) is 0 Å². The standard InChI is InChI=1S/C14H18N4O5S2/c1-4-23-12(19)8(2)15-13(20)16-9-5-6-10-11(7-9)24-14(17-10)18-25(3,21)22/h5-8H,4H2,1-3H3,(H,17,18)(H2,15,16,20). The highest BCUT2D eigenvalue weighted by Gasteiger charge is 2.16. The van der Waals surface area contributed by atoms with Crippen LogP contribution in [0.1, 0.15) is 13.8 Å². The van der Waals surface area contributed by atoms with Crippen molar-refractivity contribution in [1.29, 1.82) is 0 Å². The minimum atomic E-state index is -3.41. The Labute approximate surface area is 148 Å². The fourth-order valence-electron chi connectivity index (χ4n) is 1.89. The topological polar surface area (TPSA) is 126 Å². The molecule has 11 heteroatoms. The maximum atomic E-state index is 11.9. The lowest BCUT2D eigenvalue weighted by atomic mass is 10.3. The van der Waals surface area contributed by atoms with Crippen LogP contribution >= 0.6 is 11.3 Å². The van der Waals surface area contributed by atoms with Gasteiger partial charge < -0.3 is 15.4 Å². The molecular formula is C14H18N4O5S2. The maximum Gasteiger partial charge on any atom is 0.328 e. The first-order chi connectivity index (χ1) is 11.7. The highest BCUT2D eigenvalue weighted by molar-refractivity contribution is 7.92. The summed E-state index contributed by atoms with van der Waals surface area (Å²) in [5.41, 5.74) is 1.08. The third-order valence-corrected chi connectivity index (χ3v) is 4.53. The molecule has 1 heterocycles. The first kappa shape index (κ1) is 18.9. The van der Waals surface area contributed by atoms with E-state index in [9.17, 15) is 18.0 Å². The molecule has 0 aliphatic carbocycles. The Kier molecular flexibility index (Phi) is 5.80. The molecule has 2 aromatic rings. The lowest BCUT2D eigenvalue weighted by molar-refractivity contribution is -0.144. The number of benzene rings is 1. The SMILES string of the molecule is CCOC(=O)C(C)NC(=O)Nc1ccc2nc(NS(C)(=O)=O)sc2c1. The number of sulfonamides is 1. The predicted octanol–water partition coefficient (Wildman–Crippen LogP) is 1.74. The summed E-state index contributed by atoms with van der Waals surface area (Å²) in [5, 5.41) is 5.32. The van der Waals surface area contributed by atoms with Gasteiger partial charge in [-0.15, -0.1) is 0 Å². The van der Waals surface area contributed by atoms with E-state index in [1.807, 2.05) is 0 Å². The Balaban J connectivity index is 2.06. The van der Waals surface area contributed by atoms with Crippen LogP contribution in [0.15, 0.2) is 18.2 Å². The Bertz CT molecular complexity index is 894. The largest absolute Gasteiger partial charge is 0.464 e. The number of thiazole rings is 1. The molecule has 0 saturated carbocycles. The Morgan fingerprint density at radius 1 is 1.36 bits per heavy atom. The lowest BCUT2D eigenvalue weighted by Crippen LogP contribution is -2.41. The Hall–Kier alpha value is -2.40. The lowest BCUT2D eigenvalue weighted by Gasteiger charge is -2.13. The number of hydrogen-bond acceptors (Lipinski definition) is 7. The van der Waals surface area contributed by atoms with Crippen LogP contribution in [0.5, 0.6) is 0 Å². The third kappa shape index (κ3) is 5.57. The molecule has 0 aliphatic heterocycles. The summed E-state index contributed by atoms with van der Waals surface area (Å²) in [6.07, 6.45) is 1.04. The molecule has 1 aromatic heterocycles. The second kappa shape index (κ2) is 7.66. The van der Waals surface area contributed by atoms with Crippen molar-refractivity contribution in [2.24, 2.45) is 0 Å². The maximum absolute atomic E-state index is 11.9. The van der Waals surface area contributed by atoms with E-state index in [4.69, 9.17) is 4.74 Å². The number of rotatable bonds is 6. The van der Waals surface area contributed by atoms with Gasteiger partial charge in [0.2, 0.25) is 10.0 Å². The number of hydrogen-bond donors (Lipinski definition) is 3. The molecule has 1 aromatic carbocycles. The third-order valence-electron chi connectivity index (χ3n) is 2.91. The number of esters is 1. The van der Waals surface area contributed by atoms with Crippen molar-refractivity contribution in [2.75, 3.05) is 22.9 Å².